The molecule has 2 fully saturated rings. The highest BCUT2D eigenvalue weighted by Gasteiger charge is 2.35. The van der Waals surface area contributed by atoms with Crippen LogP contribution in [0.25, 0.3) is 0 Å². The zero-order chi connectivity index (χ0) is 13.7. The topological polar surface area (TPSA) is 52.7 Å². The van der Waals surface area contributed by atoms with E-state index in [1.807, 2.05) is 0 Å². The van der Waals surface area contributed by atoms with E-state index in [9.17, 15) is 8.42 Å². The molecule has 1 N–H and O–H groups in total. The van der Waals surface area contributed by atoms with E-state index < -0.39 is 10.2 Å². The summed E-state index contributed by atoms with van der Waals surface area (Å²) < 4.78 is 29.0. The van der Waals surface area contributed by atoms with Crippen molar-refractivity contribution in [3.8, 4) is 0 Å². The molecule has 2 heterocycles. The molecule has 2 aliphatic heterocycles. The standard InChI is InChI=1S/C13H27N3O2S/c1-2-9-16(13-7-6-8-14-12-13)19(17,18)15-10-4-3-5-11-15/h13-14H,2-12H2,1H3. The van der Waals surface area contributed by atoms with Gasteiger partial charge in [-0.05, 0) is 38.6 Å². The van der Waals surface area contributed by atoms with Gasteiger partial charge in [-0.15, -0.1) is 0 Å². The minimum atomic E-state index is -3.26. The van der Waals surface area contributed by atoms with Crippen LogP contribution in [0.4, 0.5) is 0 Å². The van der Waals surface area contributed by atoms with E-state index in [4.69, 9.17) is 0 Å². The summed E-state index contributed by atoms with van der Waals surface area (Å²) >= 11 is 0. The first-order valence-corrected chi connectivity index (χ1v) is 9.03. The summed E-state index contributed by atoms with van der Waals surface area (Å²) in [6.45, 7) is 5.90. The molecule has 1 unspecified atom stereocenters. The summed E-state index contributed by atoms with van der Waals surface area (Å²) in [6, 6.07) is 0.139. The van der Waals surface area contributed by atoms with Crippen LogP contribution in [0.2, 0.25) is 0 Å². The Balaban J connectivity index is 2.11. The number of piperidine rings is 2. The lowest BCUT2D eigenvalue weighted by Crippen LogP contribution is -2.54. The fourth-order valence-corrected chi connectivity index (χ4v) is 5.02. The molecule has 0 bridgehead atoms. The first kappa shape index (κ1) is 15.2. The minimum Gasteiger partial charge on any atom is -0.315 e. The van der Waals surface area contributed by atoms with E-state index in [2.05, 4.69) is 12.2 Å². The lowest BCUT2D eigenvalue weighted by atomic mass is 10.1. The second kappa shape index (κ2) is 7.02. The van der Waals surface area contributed by atoms with Gasteiger partial charge in [-0.1, -0.05) is 13.3 Å². The highest BCUT2D eigenvalue weighted by atomic mass is 32.2. The Hall–Kier alpha value is -0.170. The number of nitrogens with one attached hydrogen (secondary N) is 1. The van der Waals surface area contributed by atoms with Crippen LogP contribution < -0.4 is 5.32 Å². The monoisotopic (exact) mass is 289 g/mol. The van der Waals surface area contributed by atoms with Crippen molar-refractivity contribution in [2.24, 2.45) is 0 Å². The second-order valence-electron chi connectivity index (χ2n) is 5.58. The molecule has 2 rings (SSSR count). The molecular weight excluding hydrogens is 262 g/mol. The Morgan fingerprint density at radius 3 is 2.53 bits per heavy atom. The Labute approximate surface area is 117 Å². The van der Waals surface area contributed by atoms with Gasteiger partial charge in [-0.2, -0.15) is 17.0 Å². The van der Waals surface area contributed by atoms with Gasteiger partial charge in [0, 0.05) is 32.2 Å². The van der Waals surface area contributed by atoms with Crippen LogP contribution in [0.15, 0.2) is 0 Å². The van der Waals surface area contributed by atoms with Crippen molar-refractivity contribution in [2.75, 3.05) is 32.7 Å². The smallest absolute Gasteiger partial charge is 0.282 e. The zero-order valence-electron chi connectivity index (χ0n) is 12.0. The molecule has 2 aliphatic rings. The molecule has 0 aromatic carbocycles. The SMILES string of the molecule is CCCN(C1CCCNC1)S(=O)(=O)N1CCCCC1. The highest BCUT2D eigenvalue weighted by Crippen LogP contribution is 2.21. The third kappa shape index (κ3) is 3.68. The van der Waals surface area contributed by atoms with Crippen molar-refractivity contribution in [1.29, 1.82) is 0 Å². The normalized spacial score (nSPS) is 26.7. The van der Waals surface area contributed by atoms with E-state index in [0.717, 1.165) is 51.6 Å². The van der Waals surface area contributed by atoms with Gasteiger partial charge < -0.3 is 5.32 Å². The van der Waals surface area contributed by atoms with E-state index in [1.165, 1.54) is 0 Å². The molecule has 0 saturated carbocycles. The summed E-state index contributed by atoms with van der Waals surface area (Å²) in [4.78, 5) is 0. The van der Waals surface area contributed by atoms with Crippen molar-refractivity contribution in [3.05, 3.63) is 0 Å². The minimum absolute atomic E-state index is 0.139. The molecule has 19 heavy (non-hydrogen) atoms. The summed E-state index contributed by atoms with van der Waals surface area (Å²) in [5, 5.41) is 3.32. The lowest BCUT2D eigenvalue weighted by Gasteiger charge is -2.38. The maximum atomic E-state index is 12.8. The summed E-state index contributed by atoms with van der Waals surface area (Å²) in [6.07, 6.45) is 6.10. The third-order valence-corrected chi connectivity index (χ3v) is 6.15. The molecule has 0 radical (unpaired) electrons. The molecule has 0 aromatic rings. The molecule has 2 saturated heterocycles. The molecule has 6 heteroatoms. The molecule has 1 atom stereocenters. The average Bonchev–Trinajstić information content (AvgIpc) is 2.46. The van der Waals surface area contributed by atoms with Crippen LogP contribution in [-0.2, 0) is 10.2 Å². The first-order chi connectivity index (χ1) is 9.16. The summed E-state index contributed by atoms with van der Waals surface area (Å²) in [7, 11) is -3.26. The maximum Gasteiger partial charge on any atom is 0.282 e. The average molecular weight is 289 g/mol. The van der Waals surface area contributed by atoms with Crippen molar-refractivity contribution in [3.63, 3.8) is 0 Å². The van der Waals surface area contributed by atoms with Gasteiger partial charge in [-0.3, -0.25) is 0 Å². The van der Waals surface area contributed by atoms with Gasteiger partial charge in [0.2, 0.25) is 0 Å². The van der Waals surface area contributed by atoms with E-state index in [1.54, 1.807) is 8.61 Å². The van der Waals surface area contributed by atoms with Gasteiger partial charge in [0.15, 0.2) is 0 Å². The van der Waals surface area contributed by atoms with Crippen LogP contribution in [0.1, 0.15) is 45.4 Å². The number of hydrogen-bond donors (Lipinski definition) is 1. The van der Waals surface area contributed by atoms with Crippen molar-refractivity contribution < 1.29 is 8.42 Å². The van der Waals surface area contributed by atoms with Crippen LogP contribution in [0.3, 0.4) is 0 Å². The van der Waals surface area contributed by atoms with E-state index in [0.29, 0.717) is 19.6 Å². The van der Waals surface area contributed by atoms with Crippen LogP contribution in [0.5, 0.6) is 0 Å². The Morgan fingerprint density at radius 1 is 1.21 bits per heavy atom. The maximum absolute atomic E-state index is 12.8. The van der Waals surface area contributed by atoms with Gasteiger partial charge in [0.05, 0.1) is 0 Å². The lowest BCUT2D eigenvalue weighted by molar-refractivity contribution is 0.235. The van der Waals surface area contributed by atoms with Crippen molar-refractivity contribution >= 4 is 10.2 Å². The Kier molecular flexibility index (Phi) is 5.62. The fraction of sp³-hybridized carbons (Fsp3) is 1.00. The number of rotatable bonds is 5. The van der Waals surface area contributed by atoms with E-state index >= 15 is 0 Å². The molecule has 0 amide bonds. The number of hydrogen-bond acceptors (Lipinski definition) is 3. The fourth-order valence-electron chi connectivity index (χ4n) is 3.03. The van der Waals surface area contributed by atoms with Crippen LogP contribution >= 0.6 is 0 Å². The molecular formula is C13H27N3O2S. The predicted octanol–water partition coefficient (Wildman–Crippen LogP) is 1.18. The molecule has 0 aromatic heterocycles. The summed E-state index contributed by atoms with van der Waals surface area (Å²) in [5.41, 5.74) is 0. The van der Waals surface area contributed by atoms with Crippen molar-refractivity contribution in [2.45, 2.75) is 51.5 Å². The third-order valence-electron chi connectivity index (χ3n) is 4.06. The molecule has 0 aliphatic carbocycles. The van der Waals surface area contributed by atoms with Crippen molar-refractivity contribution in [1.82, 2.24) is 13.9 Å². The Morgan fingerprint density at radius 2 is 1.95 bits per heavy atom. The summed E-state index contributed by atoms with van der Waals surface area (Å²) in [5.74, 6) is 0. The predicted molar refractivity (Wildman–Crippen MR) is 77.2 cm³/mol. The molecule has 5 nitrogen and oxygen atoms in total. The zero-order valence-corrected chi connectivity index (χ0v) is 12.8. The quantitative estimate of drug-likeness (QED) is 0.827. The molecule has 112 valence electrons. The van der Waals surface area contributed by atoms with Gasteiger partial charge in [0.1, 0.15) is 0 Å². The van der Waals surface area contributed by atoms with Crippen LogP contribution in [0, 0.1) is 0 Å². The number of nitrogens with zero attached hydrogens (tertiary/aromatic N) is 2. The second-order valence-corrected chi connectivity index (χ2v) is 7.46. The van der Waals surface area contributed by atoms with Gasteiger partial charge in [0.25, 0.3) is 10.2 Å². The molecule has 0 spiro atoms. The van der Waals surface area contributed by atoms with Crippen LogP contribution in [-0.4, -0.2) is 55.8 Å². The largest absolute Gasteiger partial charge is 0.315 e. The highest BCUT2D eigenvalue weighted by molar-refractivity contribution is 7.86. The Bertz CT molecular complexity index is 360. The first-order valence-electron chi connectivity index (χ1n) is 7.64. The van der Waals surface area contributed by atoms with E-state index in [-0.39, 0.29) is 6.04 Å². The van der Waals surface area contributed by atoms with Gasteiger partial charge >= 0.3 is 0 Å². The van der Waals surface area contributed by atoms with Gasteiger partial charge in [-0.25, -0.2) is 0 Å².